The van der Waals surface area contributed by atoms with E-state index in [1.54, 1.807) is 18.2 Å². The van der Waals surface area contributed by atoms with Crippen molar-refractivity contribution in [3.8, 4) is 5.75 Å². The fourth-order valence-electron chi connectivity index (χ4n) is 3.85. The van der Waals surface area contributed by atoms with Gasteiger partial charge in [-0.15, -0.1) is 0 Å². The third kappa shape index (κ3) is 4.11. The van der Waals surface area contributed by atoms with Crippen molar-refractivity contribution in [2.24, 2.45) is 0 Å². The number of halogens is 1. The van der Waals surface area contributed by atoms with E-state index in [9.17, 15) is 23.6 Å². The Morgan fingerprint density at radius 1 is 1.25 bits per heavy atom. The predicted molar refractivity (Wildman–Crippen MR) is 111 cm³/mol. The second-order valence-electron chi connectivity index (χ2n) is 7.48. The van der Waals surface area contributed by atoms with Gasteiger partial charge in [0, 0.05) is 48.9 Å². The lowest BCUT2D eigenvalue weighted by Crippen LogP contribution is -2.52. The number of hydrogen-bond acceptors (Lipinski definition) is 6. The summed E-state index contributed by atoms with van der Waals surface area (Å²) < 4.78 is 19.3. The van der Waals surface area contributed by atoms with Gasteiger partial charge in [0.25, 0.3) is 5.91 Å². The summed E-state index contributed by atoms with van der Waals surface area (Å²) in [7, 11) is 1.42. The number of ether oxygens (including phenoxy) is 1. The Hall–Kier alpha value is -3.95. The molecule has 0 aromatic heterocycles. The number of hydrogen-bond donors (Lipinski definition) is 3. The maximum absolute atomic E-state index is 14.3. The molecular weight excluding hydrogens is 419 g/mol. The summed E-state index contributed by atoms with van der Waals surface area (Å²) in [6.45, 7) is 0.283. The zero-order chi connectivity index (χ0) is 22.8. The van der Waals surface area contributed by atoms with E-state index in [2.05, 4.69) is 16.0 Å². The van der Waals surface area contributed by atoms with Crippen LogP contribution in [0.25, 0.3) is 0 Å². The predicted octanol–water partition coefficient (Wildman–Crippen LogP) is 1.92. The largest absolute Gasteiger partial charge is 0.412 e. The van der Waals surface area contributed by atoms with Gasteiger partial charge in [0.05, 0.1) is 0 Å². The Balaban J connectivity index is 1.51. The van der Waals surface area contributed by atoms with Gasteiger partial charge in [-0.3, -0.25) is 19.7 Å². The molecular formula is C22H21FN4O5. The lowest BCUT2D eigenvalue weighted by molar-refractivity contribution is -0.136. The van der Waals surface area contributed by atoms with Crippen molar-refractivity contribution in [1.82, 2.24) is 15.5 Å². The molecule has 0 bridgehead atoms. The SMILES string of the molecule is CNC(=O)Oc1ccc(F)c(CNc2cccc3c2CN(C2CCC(=O)NC2=O)C3=O)c1. The third-order valence-electron chi connectivity index (χ3n) is 5.48. The summed E-state index contributed by atoms with van der Waals surface area (Å²) in [5.41, 5.74) is 2.05. The van der Waals surface area contributed by atoms with Gasteiger partial charge in [-0.1, -0.05) is 6.07 Å². The topological polar surface area (TPSA) is 117 Å². The van der Waals surface area contributed by atoms with Gasteiger partial charge >= 0.3 is 6.09 Å². The number of imide groups is 1. The lowest BCUT2D eigenvalue weighted by Gasteiger charge is -2.29. The fourth-order valence-corrected chi connectivity index (χ4v) is 3.85. The number of carbonyl (C=O) groups is 4. The molecule has 0 saturated carbocycles. The van der Waals surface area contributed by atoms with Crippen LogP contribution in [0.5, 0.6) is 5.75 Å². The monoisotopic (exact) mass is 440 g/mol. The number of anilines is 1. The number of benzene rings is 2. The van der Waals surface area contributed by atoms with Crippen LogP contribution in [0.15, 0.2) is 36.4 Å². The summed E-state index contributed by atoms with van der Waals surface area (Å²) in [6, 6.07) is 8.41. The number of amides is 4. The summed E-state index contributed by atoms with van der Waals surface area (Å²) in [4.78, 5) is 49.4. The van der Waals surface area contributed by atoms with Crippen LogP contribution >= 0.6 is 0 Å². The Labute approximate surface area is 182 Å². The van der Waals surface area contributed by atoms with Crippen LogP contribution in [0, 0.1) is 5.82 Å². The van der Waals surface area contributed by atoms with E-state index < -0.39 is 23.9 Å². The first-order chi connectivity index (χ1) is 15.4. The van der Waals surface area contributed by atoms with E-state index in [0.717, 1.165) is 0 Å². The first-order valence-corrected chi connectivity index (χ1v) is 10.1. The Morgan fingerprint density at radius 2 is 2.06 bits per heavy atom. The highest BCUT2D eigenvalue weighted by molar-refractivity contribution is 6.06. The Bertz CT molecular complexity index is 1120. The second kappa shape index (κ2) is 8.66. The normalized spacial score (nSPS) is 17.6. The molecule has 32 heavy (non-hydrogen) atoms. The van der Waals surface area contributed by atoms with Gasteiger partial charge in [-0.05, 0) is 36.8 Å². The molecule has 0 aliphatic carbocycles. The minimum absolute atomic E-state index is 0.0832. The van der Waals surface area contributed by atoms with E-state index in [-0.39, 0.29) is 49.1 Å². The van der Waals surface area contributed by atoms with Crippen LogP contribution in [0.4, 0.5) is 14.9 Å². The van der Waals surface area contributed by atoms with Gasteiger partial charge in [-0.2, -0.15) is 0 Å². The highest BCUT2D eigenvalue weighted by atomic mass is 19.1. The van der Waals surface area contributed by atoms with Crippen LogP contribution in [-0.4, -0.2) is 41.8 Å². The van der Waals surface area contributed by atoms with Gasteiger partial charge in [-0.25, -0.2) is 9.18 Å². The highest BCUT2D eigenvalue weighted by Crippen LogP contribution is 2.32. The van der Waals surface area contributed by atoms with E-state index >= 15 is 0 Å². The van der Waals surface area contributed by atoms with Crippen molar-refractivity contribution >= 4 is 29.5 Å². The third-order valence-corrected chi connectivity index (χ3v) is 5.48. The molecule has 1 saturated heterocycles. The first-order valence-electron chi connectivity index (χ1n) is 10.1. The van der Waals surface area contributed by atoms with Gasteiger partial charge in [0.1, 0.15) is 17.6 Å². The van der Waals surface area contributed by atoms with Gasteiger partial charge < -0.3 is 20.3 Å². The smallest absolute Gasteiger partial charge is 0.410 e. The average Bonchev–Trinajstić information content (AvgIpc) is 3.11. The number of carbonyl (C=O) groups excluding carboxylic acids is 4. The molecule has 4 rings (SSSR count). The summed E-state index contributed by atoms with van der Waals surface area (Å²) in [6.07, 6.45) is -0.213. The van der Waals surface area contributed by atoms with Crippen LogP contribution in [0.1, 0.15) is 34.3 Å². The quantitative estimate of drug-likeness (QED) is 0.612. The first kappa shape index (κ1) is 21.3. The van der Waals surface area contributed by atoms with Crippen LogP contribution in [0.3, 0.4) is 0 Å². The molecule has 3 N–H and O–H groups in total. The number of fused-ring (bicyclic) bond motifs is 1. The van der Waals surface area contributed by atoms with E-state index in [0.29, 0.717) is 16.8 Å². The number of nitrogens with zero attached hydrogens (tertiary/aromatic N) is 1. The molecule has 1 fully saturated rings. The molecule has 166 valence electrons. The minimum atomic E-state index is -0.712. The standard InChI is InChI=1S/C22H21FN4O5/c1-24-22(31)32-13-5-6-16(23)12(9-13)10-25-17-4-2-3-14-15(17)11-27(21(14)30)18-7-8-19(28)26-20(18)29/h2-6,9,18,25H,7-8,10-11H2,1H3,(H,24,31)(H,26,28,29). The molecule has 1 unspecified atom stereocenters. The summed E-state index contributed by atoms with van der Waals surface area (Å²) in [5, 5.41) is 7.72. The van der Waals surface area contributed by atoms with Crippen molar-refractivity contribution in [3.63, 3.8) is 0 Å². The number of piperidine rings is 1. The molecule has 2 heterocycles. The lowest BCUT2D eigenvalue weighted by atomic mass is 10.0. The zero-order valence-corrected chi connectivity index (χ0v) is 17.2. The fraction of sp³-hybridized carbons (Fsp3) is 0.273. The van der Waals surface area contributed by atoms with Gasteiger partial charge in [0.2, 0.25) is 11.8 Å². The van der Waals surface area contributed by atoms with Crippen LogP contribution in [-0.2, 0) is 22.7 Å². The van der Waals surface area contributed by atoms with E-state index in [4.69, 9.17) is 4.74 Å². The maximum Gasteiger partial charge on any atom is 0.412 e. The molecule has 0 spiro atoms. The zero-order valence-electron chi connectivity index (χ0n) is 17.2. The molecule has 4 amide bonds. The van der Waals surface area contributed by atoms with Crippen molar-refractivity contribution in [1.29, 1.82) is 0 Å². The van der Waals surface area contributed by atoms with Crippen LogP contribution < -0.4 is 20.7 Å². The minimum Gasteiger partial charge on any atom is -0.410 e. The van der Waals surface area contributed by atoms with Crippen LogP contribution in [0.2, 0.25) is 0 Å². The molecule has 2 aliphatic rings. The maximum atomic E-state index is 14.3. The van der Waals surface area contributed by atoms with Crippen molar-refractivity contribution in [2.45, 2.75) is 32.0 Å². The van der Waals surface area contributed by atoms with Crippen molar-refractivity contribution < 1.29 is 28.3 Å². The van der Waals surface area contributed by atoms with E-state index in [1.165, 1.54) is 30.1 Å². The Morgan fingerprint density at radius 3 is 2.81 bits per heavy atom. The molecule has 0 radical (unpaired) electrons. The average molecular weight is 440 g/mol. The summed E-state index contributed by atoms with van der Waals surface area (Å²) >= 11 is 0. The molecule has 1 atom stereocenters. The van der Waals surface area contributed by atoms with Crippen molar-refractivity contribution in [3.05, 3.63) is 58.9 Å². The molecule has 2 aromatic carbocycles. The van der Waals surface area contributed by atoms with E-state index in [1.807, 2.05) is 0 Å². The second-order valence-corrected chi connectivity index (χ2v) is 7.48. The number of rotatable bonds is 5. The molecule has 9 nitrogen and oxygen atoms in total. The number of nitrogens with one attached hydrogen (secondary N) is 3. The molecule has 10 heteroatoms. The summed E-state index contributed by atoms with van der Waals surface area (Å²) in [5.74, 6) is -1.39. The van der Waals surface area contributed by atoms with Crippen molar-refractivity contribution in [2.75, 3.05) is 12.4 Å². The molecule has 2 aliphatic heterocycles. The van der Waals surface area contributed by atoms with Gasteiger partial charge in [0.15, 0.2) is 0 Å². The highest BCUT2D eigenvalue weighted by Gasteiger charge is 2.39. The Kier molecular flexibility index (Phi) is 5.76. The molecule has 2 aromatic rings.